The summed E-state index contributed by atoms with van der Waals surface area (Å²) in [4.78, 5) is 25.6. The van der Waals surface area contributed by atoms with Crippen LogP contribution in [0.25, 0.3) is 0 Å². The van der Waals surface area contributed by atoms with Gasteiger partial charge in [0.2, 0.25) is 0 Å². The van der Waals surface area contributed by atoms with E-state index in [2.05, 4.69) is 0 Å². The Morgan fingerprint density at radius 1 is 1.30 bits per heavy atom. The summed E-state index contributed by atoms with van der Waals surface area (Å²) in [6.07, 6.45) is -1.83. The Kier molecular flexibility index (Phi) is 36.1. The van der Waals surface area contributed by atoms with Crippen LogP contribution in [0.1, 0.15) is 0 Å². The molecule has 0 spiro atoms. The molecule has 0 aromatic carbocycles. The summed E-state index contributed by atoms with van der Waals surface area (Å²) in [6.45, 7) is 0. The van der Waals surface area contributed by atoms with Gasteiger partial charge in [0.25, 0.3) is 0 Å². The van der Waals surface area contributed by atoms with E-state index in [0.29, 0.717) is 0 Å². The van der Waals surface area contributed by atoms with Crippen LogP contribution in [0.4, 0.5) is 4.79 Å². The first-order chi connectivity index (χ1) is 3.46. The van der Waals surface area contributed by atoms with Crippen LogP contribution in [0.5, 0.6) is 0 Å². The molecule has 0 aliphatic rings. The number of hydrogen-bond acceptors (Lipinski definition) is 4. The summed E-state index contributed by atoms with van der Waals surface area (Å²) in [5.41, 5.74) is 0. The summed E-state index contributed by atoms with van der Waals surface area (Å²) in [6, 6.07) is 0. The Labute approximate surface area is 87.1 Å². The van der Waals surface area contributed by atoms with Gasteiger partial charge in [0.05, 0.1) is 0 Å². The van der Waals surface area contributed by atoms with Crippen molar-refractivity contribution in [2.75, 3.05) is 0 Å². The zero-order chi connectivity index (χ0) is 7.15. The fourth-order valence-corrected chi connectivity index (χ4v) is 0. The zero-order valence-electron chi connectivity index (χ0n) is 4.73. The van der Waals surface area contributed by atoms with Crippen molar-refractivity contribution >= 4 is 53.1 Å². The van der Waals surface area contributed by atoms with E-state index in [0.717, 1.165) is 0 Å². The van der Waals surface area contributed by atoms with Gasteiger partial charge < -0.3 is 29.7 Å². The maximum absolute atomic E-state index is 8.56. The van der Waals surface area contributed by atoms with E-state index in [1.165, 1.54) is 0 Å². The maximum atomic E-state index is 8.56. The molecule has 0 saturated heterocycles. The van der Waals surface area contributed by atoms with Crippen LogP contribution in [-0.2, 0) is 4.46 Å². The molecule has 0 heterocycles. The van der Waals surface area contributed by atoms with Gasteiger partial charge in [-0.3, -0.25) is 0 Å². The molecule has 0 aromatic rings. The van der Waals surface area contributed by atoms with Crippen molar-refractivity contribution in [2.24, 2.45) is 0 Å². The normalized spacial score (nSPS) is 4.80. The van der Waals surface area contributed by atoms with Gasteiger partial charge in [-0.2, -0.15) is 0 Å². The third-order valence-corrected chi connectivity index (χ3v) is 0. The van der Waals surface area contributed by atoms with E-state index in [4.69, 9.17) is 29.1 Å². The van der Waals surface area contributed by atoms with Crippen molar-refractivity contribution < 1.29 is 34.5 Å². The smallest absolute Gasteiger partial charge is 0.672 e. The van der Waals surface area contributed by atoms with Gasteiger partial charge >= 0.3 is 43.9 Å². The molecule has 9 heteroatoms. The molecule has 0 saturated carbocycles. The van der Waals surface area contributed by atoms with Crippen LogP contribution >= 0.6 is 0 Å². The molecule has 0 fully saturated rings. The second-order valence-electron chi connectivity index (χ2n) is 0.533. The molecule has 56 valence electrons. The minimum atomic E-state index is -3.63. The monoisotopic (exact) mass is 196 g/mol. The Hall–Kier alpha value is 0.107. The number of hydrogen-bond donors (Lipinski definition) is 2. The average Bonchev–Trinajstić information content (AvgIpc) is 1.25. The molecule has 0 rings (SSSR count). The first-order valence-electron chi connectivity index (χ1n) is 1.26. The topological polar surface area (TPSA) is 152 Å². The summed E-state index contributed by atoms with van der Waals surface area (Å²) in [5, 5.41) is 13.9. The Morgan fingerprint density at radius 3 is 1.30 bits per heavy atom. The minimum Gasteiger partial charge on any atom is -0.672 e. The molecule has 0 radical (unpaired) electrons. The van der Waals surface area contributed by atoms with Crippen LogP contribution in [0.15, 0.2) is 0 Å². The molecular weight excluding hydrogens is 192 g/mol. The van der Waals surface area contributed by atoms with E-state index < -0.39 is 15.3 Å². The Bertz CT molecular complexity index is 71.6. The third-order valence-electron chi connectivity index (χ3n) is 0. The van der Waals surface area contributed by atoms with Crippen molar-refractivity contribution in [3.63, 3.8) is 0 Å². The van der Waals surface area contributed by atoms with Gasteiger partial charge in [-0.25, -0.2) is 4.79 Å². The van der Waals surface area contributed by atoms with Crippen LogP contribution < -0.4 is 9.59 Å². The van der Waals surface area contributed by atoms with Crippen molar-refractivity contribution in [1.29, 1.82) is 0 Å². The largest absolute Gasteiger partial charge is 2.00 e. The van der Waals surface area contributed by atoms with Crippen LogP contribution in [0.2, 0.25) is 0 Å². The Morgan fingerprint density at radius 2 is 1.30 bits per heavy atom. The summed E-state index contributed by atoms with van der Waals surface area (Å²) in [7, 11) is -3.63. The SMILES string of the molecule is O.O=C(O)O.O=[Si]([O-])[O-].[Ca+2]. The summed E-state index contributed by atoms with van der Waals surface area (Å²) >= 11 is 0. The van der Waals surface area contributed by atoms with Crippen molar-refractivity contribution in [3.8, 4) is 0 Å². The molecule has 0 atom stereocenters. The second-order valence-corrected chi connectivity index (χ2v) is 1.03. The number of carbonyl (C=O) groups is 1. The second kappa shape index (κ2) is 16.0. The number of carboxylic acid groups (broad SMARTS) is 2. The van der Waals surface area contributed by atoms with Gasteiger partial charge in [-0.05, 0) is 0 Å². The fraction of sp³-hybridized carbons (Fsp3) is 0. The molecular formula is CH4CaO7Si. The summed E-state index contributed by atoms with van der Waals surface area (Å²) in [5.74, 6) is 0. The molecule has 0 bridgehead atoms. The molecule has 0 aliphatic carbocycles. The van der Waals surface area contributed by atoms with E-state index in [1.54, 1.807) is 0 Å². The fourth-order valence-electron chi connectivity index (χ4n) is 0. The van der Waals surface area contributed by atoms with Gasteiger partial charge in [-0.15, -0.1) is 0 Å². The van der Waals surface area contributed by atoms with E-state index in [9.17, 15) is 0 Å². The van der Waals surface area contributed by atoms with Crippen molar-refractivity contribution in [3.05, 3.63) is 0 Å². The molecule has 4 N–H and O–H groups in total. The zero-order valence-corrected chi connectivity index (χ0v) is 7.94. The van der Waals surface area contributed by atoms with Crippen LogP contribution in [0.3, 0.4) is 0 Å². The molecule has 0 amide bonds. The van der Waals surface area contributed by atoms with Crippen LogP contribution in [-0.4, -0.2) is 68.8 Å². The van der Waals surface area contributed by atoms with Gasteiger partial charge in [0, 0.05) is 9.17 Å². The molecule has 10 heavy (non-hydrogen) atoms. The van der Waals surface area contributed by atoms with Crippen molar-refractivity contribution in [2.45, 2.75) is 0 Å². The first kappa shape index (κ1) is 22.5. The van der Waals surface area contributed by atoms with E-state index in [-0.39, 0.29) is 43.2 Å². The predicted molar refractivity (Wildman–Crippen MR) is 26.5 cm³/mol. The van der Waals surface area contributed by atoms with Gasteiger partial charge in [-0.1, -0.05) is 0 Å². The average molecular weight is 196 g/mol. The minimum absolute atomic E-state index is 0. The molecule has 0 aromatic heterocycles. The maximum Gasteiger partial charge on any atom is 2.00 e. The standard InChI is InChI=1S/CH2O3.Ca.O3Si.H2O/c2-1(3)4;;1-4(2)3;/h(H2,2,3,4);;;1H2/q;+2;-2;. The number of rotatable bonds is 0. The van der Waals surface area contributed by atoms with E-state index in [1.807, 2.05) is 0 Å². The quantitative estimate of drug-likeness (QED) is 0.378. The predicted octanol–water partition coefficient (Wildman–Crippen LogP) is -3.86. The summed E-state index contributed by atoms with van der Waals surface area (Å²) < 4.78 is 8.52. The van der Waals surface area contributed by atoms with Gasteiger partial charge in [0.1, 0.15) is 0 Å². The molecule has 7 nitrogen and oxygen atoms in total. The van der Waals surface area contributed by atoms with Crippen molar-refractivity contribution in [1.82, 2.24) is 0 Å². The van der Waals surface area contributed by atoms with Crippen LogP contribution in [0, 0.1) is 0 Å². The Balaban J connectivity index is -0.0000000300. The molecule has 0 aliphatic heterocycles. The first-order valence-corrected chi connectivity index (χ1v) is 2.49. The third kappa shape index (κ3) is 36000. The van der Waals surface area contributed by atoms with E-state index >= 15 is 0 Å². The van der Waals surface area contributed by atoms with Gasteiger partial charge in [0.15, 0.2) is 0 Å². The molecule has 0 unspecified atom stereocenters.